The number of ether oxygens (including phenoxy) is 1. The molecule has 0 aliphatic rings. The van der Waals surface area contributed by atoms with E-state index in [0.29, 0.717) is 11.3 Å². The van der Waals surface area contributed by atoms with Crippen molar-refractivity contribution >= 4 is 0 Å². The quantitative estimate of drug-likeness (QED) is 0.911. The largest absolute Gasteiger partial charge is 0.488 e. The normalized spacial score (nSPS) is 10.5. The smallest absolute Gasteiger partial charge is 0.129 e. The summed E-state index contributed by atoms with van der Waals surface area (Å²) in [5.74, 6) is 0.365. The number of hydrogen-bond acceptors (Lipinski definition) is 2. The first-order valence-electron chi connectivity index (χ1n) is 6.19. The van der Waals surface area contributed by atoms with Crippen molar-refractivity contribution in [3.05, 3.63) is 64.5 Å². The van der Waals surface area contributed by atoms with E-state index in [1.807, 2.05) is 26.0 Å². The monoisotopic (exact) mass is 260 g/mol. The molecular formula is C16H17FO2. The minimum absolute atomic E-state index is 0.0896. The number of halogens is 1. The molecule has 3 heteroatoms. The Kier molecular flexibility index (Phi) is 4.17. The molecule has 1 N–H and O–H groups in total. The number of benzene rings is 2. The van der Waals surface area contributed by atoms with E-state index in [9.17, 15) is 9.50 Å². The summed E-state index contributed by atoms with van der Waals surface area (Å²) in [6.07, 6.45) is 0. The lowest BCUT2D eigenvalue weighted by Gasteiger charge is -2.15. The van der Waals surface area contributed by atoms with Crippen LogP contribution in [0.5, 0.6) is 5.75 Å². The molecule has 2 nitrogen and oxygen atoms in total. The Hall–Kier alpha value is -1.87. The lowest BCUT2D eigenvalue weighted by atomic mass is 10.0. The third-order valence-corrected chi connectivity index (χ3v) is 3.26. The van der Waals surface area contributed by atoms with Gasteiger partial charge in [-0.2, -0.15) is 0 Å². The van der Waals surface area contributed by atoms with Gasteiger partial charge in [-0.3, -0.25) is 0 Å². The summed E-state index contributed by atoms with van der Waals surface area (Å²) < 4.78 is 19.2. The zero-order valence-electron chi connectivity index (χ0n) is 11.1. The van der Waals surface area contributed by atoms with Gasteiger partial charge in [0.15, 0.2) is 0 Å². The van der Waals surface area contributed by atoms with Crippen LogP contribution in [0.1, 0.15) is 22.3 Å². The van der Waals surface area contributed by atoms with Gasteiger partial charge < -0.3 is 9.84 Å². The molecule has 0 radical (unpaired) electrons. The molecule has 0 heterocycles. The Balaban J connectivity index is 2.24. The van der Waals surface area contributed by atoms with E-state index in [0.717, 1.165) is 16.7 Å². The molecule has 0 saturated carbocycles. The average molecular weight is 260 g/mol. The van der Waals surface area contributed by atoms with Crippen LogP contribution < -0.4 is 4.74 Å². The Morgan fingerprint density at radius 2 is 1.79 bits per heavy atom. The maximum Gasteiger partial charge on any atom is 0.129 e. The van der Waals surface area contributed by atoms with Gasteiger partial charge in [0.05, 0.1) is 6.61 Å². The lowest BCUT2D eigenvalue weighted by Crippen LogP contribution is -2.03. The highest BCUT2D eigenvalue weighted by Crippen LogP contribution is 2.27. The predicted molar refractivity (Wildman–Crippen MR) is 72.6 cm³/mol. The van der Waals surface area contributed by atoms with Crippen LogP contribution in [0, 0.1) is 19.7 Å². The summed E-state index contributed by atoms with van der Waals surface area (Å²) in [5.41, 5.74) is 3.29. The van der Waals surface area contributed by atoms with Crippen molar-refractivity contribution in [1.29, 1.82) is 0 Å². The summed E-state index contributed by atoms with van der Waals surface area (Å²) in [5, 5.41) is 9.33. The molecule has 0 fully saturated rings. The summed E-state index contributed by atoms with van der Waals surface area (Å²) in [6.45, 7) is 3.98. The van der Waals surface area contributed by atoms with E-state index in [2.05, 4.69) is 0 Å². The molecule has 100 valence electrons. The van der Waals surface area contributed by atoms with E-state index in [4.69, 9.17) is 4.74 Å². The van der Waals surface area contributed by atoms with Crippen molar-refractivity contribution in [1.82, 2.24) is 0 Å². The van der Waals surface area contributed by atoms with Crippen molar-refractivity contribution in [2.45, 2.75) is 27.1 Å². The molecule has 0 amide bonds. The first kappa shape index (κ1) is 13.6. The minimum Gasteiger partial charge on any atom is -0.488 e. The molecule has 2 aromatic carbocycles. The van der Waals surface area contributed by atoms with Crippen molar-refractivity contribution < 1.29 is 14.2 Å². The van der Waals surface area contributed by atoms with Crippen molar-refractivity contribution in [3.8, 4) is 5.75 Å². The minimum atomic E-state index is -0.279. The van der Waals surface area contributed by atoms with Gasteiger partial charge in [-0.05, 0) is 31.0 Å². The van der Waals surface area contributed by atoms with E-state index in [1.54, 1.807) is 18.2 Å². The molecule has 0 bridgehead atoms. The van der Waals surface area contributed by atoms with Gasteiger partial charge in [0.25, 0.3) is 0 Å². The van der Waals surface area contributed by atoms with Crippen LogP contribution in [0.15, 0.2) is 36.4 Å². The van der Waals surface area contributed by atoms with Crippen LogP contribution in [-0.2, 0) is 13.2 Å². The second-order valence-electron chi connectivity index (χ2n) is 4.53. The van der Waals surface area contributed by atoms with Crippen LogP contribution in [0.25, 0.3) is 0 Å². The number of aryl methyl sites for hydroxylation is 1. The number of aliphatic hydroxyl groups is 1. The standard InChI is InChI=1S/C16H17FO2/c1-11-7-8-13(9-18)16(12(11)2)19-10-14-5-3-4-6-15(14)17/h3-8,18H,9-10H2,1-2H3. The van der Waals surface area contributed by atoms with Gasteiger partial charge >= 0.3 is 0 Å². The van der Waals surface area contributed by atoms with Crippen LogP contribution in [-0.4, -0.2) is 5.11 Å². The van der Waals surface area contributed by atoms with Gasteiger partial charge in [-0.15, -0.1) is 0 Å². The van der Waals surface area contributed by atoms with Gasteiger partial charge in [0.1, 0.15) is 18.2 Å². The fourth-order valence-electron chi connectivity index (χ4n) is 1.94. The van der Waals surface area contributed by atoms with E-state index in [1.165, 1.54) is 6.07 Å². The van der Waals surface area contributed by atoms with E-state index < -0.39 is 0 Å². The SMILES string of the molecule is Cc1ccc(CO)c(OCc2ccccc2F)c1C. The number of hydrogen-bond donors (Lipinski definition) is 1. The van der Waals surface area contributed by atoms with Crippen LogP contribution in [0.3, 0.4) is 0 Å². The zero-order valence-corrected chi connectivity index (χ0v) is 11.1. The topological polar surface area (TPSA) is 29.5 Å². The average Bonchev–Trinajstić information content (AvgIpc) is 2.42. The highest BCUT2D eigenvalue weighted by Gasteiger charge is 2.10. The van der Waals surface area contributed by atoms with Crippen LogP contribution in [0.4, 0.5) is 4.39 Å². The molecule has 2 aromatic rings. The maximum atomic E-state index is 13.5. The molecule has 19 heavy (non-hydrogen) atoms. The third-order valence-electron chi connectivity index (χ3n) is 3.26. The summed E-state index contributed by atoms with van der Waals surface area (Å²) in [4.78, 5) is 0. The summed E-state index contributed by atoms with van der Waals surface area (Å²) >= 11 is 0. The Morgan fingerprint density at radius 3 is 2.47 bits per heavy atom. The number of rotatable bonds is 4. The fourth-order valence-corrected chi connectivity index (χ4v) is 1.94. The first-order valence-corrected chi connectivity index (χ1v) is 6.19. The predicted octanol–water partition coefficient (Wildman–Crippen LogP) is 3.51. The molecule has 0 atom stereocenters. The first-order chi connectivity index (χ1) is 9.13. The highest BCUT2D eigenvalue weighted by atomic mass is 19.1. The van der Waals surface area contributed by atoms with Gasteiger partial charge in [-0.1, -0.05) is 30.3 Å². The van der Waals surface area contributed by atoms with Gasteiger partial charge in [0, 0.05) is 11.1 Å². The van der Waals surface area contributed by atoms with Crippen LogP contribution >= 0.6 is 0 Å². The Bertz CT molecular complexity index is 579. The second kappa shape index (κ2) is 5.85. The van der Waals surface area contributed by atoms with Gasteiger partial charge in [0.2, 0.25) is 0 Å². The Morgan fingerprint density at radius 1 is 1.05 bits per heavy atom. The van der Waals surface area contributed by atoms with Crippen molar-refractivity contribution in [2.24, 2.45) is 0 Å². The van der Waals surface area contributed by atoms with Crippen LogP contribution in [0.2, 0.25) is 0 Å². The fraction of sp³-hybridized carbons (Fsp3) is 0.250. The van der Waals surface area contributed by atoms with Gasteiger partial charge in [-0.25, -0.2) is 4.39 Å². The Labute approximate surface area is 112 Å². The molecule has 0 aliphatic carbocycles. The molecule has 0 unspecified atom stereocenters. The molecule has 0 aromatic heterocycles. The molecule has 0 spiro atoms. The zero-order chi connectivity index (χ0) is 13.8. The van der Waals surface area contributed by atoms with E-state index in [-0.39, 0.29) is 19.0 Å². The third kappa shape index (κ3) is 2.93. The molecule has 0 saturated heterocycles. The number of aliphatic hydroxyl groups excluding tert-OH is 1. The molecule has 2 rings (SSSR count). The van der Waals surface area contributed by atoms with Crippen molar-refractivity contribution in [3.63, 3.8) is 0 Å². The summed E-state index contributed by atoms with van der Waals surface area (Å²) in [6, 6.07) is 10.3. The van der Waals surface area contributed by atoms with Crippen molar-refractivity contribution in [2.75, 3.05) is 0 Å². The highest BCUT2D eigenvalue weighted by molar-refractivity contribution is 5.45. The summed E-state index contributed by atoms with van der Waals surface area (Å²) in [7, 11) is 0. The van der Waals surface area contributed by atoms with E-state index >= 15 is 0 Å². The second-order valence-corrected chi connectivity index (χ2v) is 4.53. The molecule has 0 aliphatic heterocycles. The maximum absolute atomic E-state index is 13.5. The molecular weight excluding hydrogens is 243 g/mol. The lowest BCUT2D eigenvalue weighted by molar-refractivity contribution is 0.256.